The number of carbonyl (C=O) groups excluding carboxylic acids is 2. The minimum absolute atomic E-state index is 0.0431. The number of nitrogens with zero attached hydrogens (tertiary/aromatic N) is 5. The van der Waals surface area contributed by atoms with Crippen molar-refractivity contribution in [3.05, 3.63) is 62.6 Å². The number of aliphatic hydroxyl groups excluding tert-OH is 1. The van der Waals surface area contributed by atoms with Crippen LogP contribution in [0.2, 0.25) is 0 Å². The highest BCUT2D eigenvalue weighted by Crippen LogP contribution is 2.37. The predicted molar refractivity (Wildman–Crippen MR) is 201 cm³/mol. The van der Waals surface area contributed by atoms with Crippen LogP contribution in [0.3, 0.4) is 0 Å². The number of aliphatic carboxylic acids is 1. The summed E-state index contributed by atoms with van der Waals surface area (Å²) in [6.45, 7) is 6.65. The molecule has 270 valence electrons. The lowest BCUT2D eigenvalue weighted by atomic mass is 9.97. The molecule has 5 heterocycles. The first-order chi connectivity index (χ1) is 24.9. The van der Waals surface area contributed by atoms with Gasteiger partial charge in [0.25, 0.3) is 5.91 Å². The van der Waals surface area contributed by atoms with Crippen LogP contribution in [0, 0.1) is 5.92 Å². The number of carbonyl (C=O) groups is 3. The molecule has 0 saturated heterocycles. The molecule has 6 rings (SSSR count). The number of amides is 2. The molecule has 6 N–H and O–H groups in total. The van der Waals surface area contributed by atoms with Crippen molar-refractivity contribution in [3.63, 3.8) is 0 Å². The molecule has 6 aromatic rings. The Morgan fingerprint density at radius 2 is 1.37 bits per heavy atom. The highest BCUT2D eigenvalue weighted by molar-refractivity contribution is 7.16. The number of oxazole rings is 1. The molecule has 1 aromatic carbocycles. The largest absolute Gasteiger partial charge is 0.480 e. The van der Waals surface area contributed by atoms with Crippen LogP contribution in [0.4, 0.5) is 0 Å². The summed E-state index contributed by atoms with van der Waals surface area (Å²) in [5.41, 5.74) is 9.01. The van der Waals surface area contributed by atoms with Gasteiger partial charge in [0.15, 0.2) is 11.5 Å². The number of rotatable bonds is 14. The topological polar surface area (TPSA) is 219 Å². The number of nitrogens with one attached hydrogen (secondary N) is 2. The van der Waals surface area contributed by atoms with Gasteiger partial charge >= 0.3 is 5.97 Å². The zero-order chi connectivity index (χ0) is 37.1. The quantitative estimate of drug-likeness (QED) is 0.0867. The molecular formula is C34H34N8O6S4. The predicted octanol–water partition coefficient (Wildman–Crippen LogP) is 5.95. The van der Waals surface area contributed by atoms with Crippen molar-refractivity contribution >= 4 is 63.1 Å². The number of carboxylic acids is 1. The van der Waals surface area contributed by atoms with Crippen LogP contribution >= 0.6 is 45.3 Å². The average Bonchev–Trinajstić information content (AvgIpc) is 3.98. The summed E-state index contributed by atoms with van der Waals surface area (Å²) in [4.78, 5) is 61.6. The van der Waals surface area contributed by atoms with Crippen LogP contribution in [0.5, 0.6) is 0 Å². The van der Waals surface area contributed by atoms with E-state index in [1.54, 1.807) is 43.5 Å². The van der Waals surface area contributed by atoms with Crippen LogP contribution in [0.1, 0.15) is 55.7 Å². The Morgan fingerprint density at radius 1 is 0.808 bits per heavy atom. The Labute approximate surface area is 313 Å². The molecule has 0 aliphatic carbocycles. The fraction of sp³-hybridized carbons (Fsp3) is 0.294. The molecule has 0 radical (unpaired) electrons. The maximum Gasteiger partial charge on any atom is 0.325 e. The summed E-state index contributed by atoms with van der Waals surface area (Å²) < 4.78 is 6.17. The lowest BCUT2D eigenvalue weighted by Gasteiger charge is -2.24. The van der Waals surface area contributed by atoms with Gasteiger partial charge in [-0.15, -0.1) is 45.3 Å². The number of carboxylic acid groups (broad SMARTS) is 1. The van der Waals surface area contributed by atoms with E-state index < -0.39 is 42.0 Å². The Morgan fingerprint density at radius 3 is 1.94 bits per heavy atom. The maximum absolute atomic E-state index is 13.8. The average molecular weight is 779 g/mol. The summed E-state index contributed by atoms with van der Waals surface area (Å²) in [5, 5.41) is 34.4. The first-order valence-electron chi connectivity index (χ1n) is 16.1. The van der Waals surface area contributed by atoms with Gasteiger partial charge in [-0.05, 0) is 19.8 Å². The molecule has 0 fully saturated rings. The summed E-state index contributed by atoms with van der Waals surface area (Å²) in [5.74, 6) is -2.47. The third kappa shape index (κ3) is 8.01. The van der Waals surface area contributed by atoms with Gasteiger partial charge in [0.1, 0.15) is 54.9 Å². The summed E-state index contributed by atoms with van der Waals surface area (Å²) in [6, 6.07) is 6.26. The van der Waals surface area contributed by atoms with Crippen LogP contribution in [-0.4, -0.2) is 71.1 Å². The van der Waals surface area contributed by atoms with Crippen LogP contribution in [0.25, 0.3) is 55.0 Å². The second-order valence-electron chi connectivity index (χ2n) is 11.9. The third-order valence-corrected chi connectivity index (χ3v) is 11.6. The summed E-state index contributed by atoms with van der Waals surface area (Å²) in [7, 11) is 0. The van der Waals surface area contributed by atoms with Crippen molar-refractivity contribution in [3.8, 4) is 55.0 Å². The number of aliphatic hydroxyl groups is 1. The molecule has 0 aliphatic heterocycles. The number of hydrogen-bond acceptors (Lipinski definition) is 15. The molecule has 0 spiro atoms. The smallest absolute Gasteiger partial charge is 0.325 e. The molecule has 18 heteroatoms. The van der Waals surface area contributed by atoms with E-state index in [1.807, 2.05) is 29.1 Å². The number of nitrogens with two attached hydrogens (primary N) is 1. The van der Waals surface area contributed by atoms with E-state index in [0.29, 0.717) is 54.8 Å². The van der Waals surface area contributed by atoms with Gasteiger partial charge in [-0.1, -0.05) is 50.6 Å². The van der Waals surface area contributed by atoms with Gasteiger partial charge in [-0.25, -0.2) is 24.9 Å². The number of benzene rings is 1. The van der Waals surface area contributed by atoms with E-state index in [0.717, 1.165) is 0 Å². The van der Waals surface area contributed by atoms with Crippen LogP contribution in [0.15, 0.2) is 56.3 Å². The maximum atomic E-state index is 13.8. The van der Waals surface area contributed by atoms with Crippen molar-refractivity contribution in [2.45, 2.75) is 58.3 Å². The SMILES string of the molecule is CC[C@H](C)[C@@H](NC(=O)c1nc(-c2csc(-c3csc(-c4csc(-c5csc([C@@H](N)[C@@H](C)O)n5)n4)n3)n2)oc1-c1ccccc1)C(=O)N[C@@H](C)C(=O)O. The van der Waals surface area contributed by atoms with Crippen LogP contribution in [-0.2, 0) is 9.59 Å². The molecule has 5 aromatic heterocycles. The van der Waals surface area contributed by atoms with Gasteiger partial charge in [-0.2, -0.15) is 0 Å². The molecule has 52 heavy (non-hydrogen) atoms. The van der Waals surface area contributed by atoms with Crippen LogP contribution < -0.4 is 16.4 Å². The van der Waals surface area contributed by atoms with E-state index in [-0.39, 0.29) is 23.3 Å². The zero-order valence-electron chi connectivity index (χ0n) is 28.3. The second-order valence-corrected chi connectivity index (χ2v) is 15.4. The molecule has 0 unspecified atom stereocenters. The van der Waals surface area contributed by atoms with E-state index in [9.17, 15) is 24.6 Å². The normalized spacial score (nSPS) is 14.3. The lowest BCUT2D eigenvalue weighted by molar-refractivity contribution is -0.141. The fourth-order valence-corrected chi connectivity index (χ4v) is 8.27. The molecular weight excluding hydrogens is 745 g/mol. The van der Waals surface area contributed by atoms with Crippen molar-refractivity contribution in [1.29, 1.82) is 0 Å². The van der Waals surface area contributed by atoms with Crippen molar-refractivity contribution in [2.75, 3.05) is 0 Å². The minimum Gasteiger partial charge on any atom is -0.480 e. The van der Waals surface area contributed by atoms with E-state index in [1.165, 1.54) is 52.3 Å². The van der Waals surface area contributed by atoms with Gasteiger partial charge in [-0.3, -0.25) is 14.4 Å². The molecule has 0 bridgehead atoms. The molecule has 0 aliphatic rings. The highest BCUT2D eigenvalue weighted by Gasteiger charge is 2.32. The van der Waals surface area contributed by atoms with Crippen molar-refractivity contribution in [2.24, 2.45) is 11.7 Å². The first kappa shape index (κ1) is 37.1. The number of thiazole rings is 4. The van der Waals surface area contributed by atoms with E-state index in [4.69, 9.17) is 25.1 Å². The lowest BCUT2D eigenvalue weighted by Crippen LogP contribution is -2.53. The molecule has 0 saturated carbocycles. The highest BCUT2D eigenvalue weighted by atomic mass is 32.1. The standard InChI is InChI=1S/C34H34N8O6S4/c1-5-15(2)24(27(44)36-16(3)34(46)47)41-28(45)25-26(18-9-7-6-8-10-18)48-29(42-25)19-11-49-30(37-19)20-12-50-31(38-20)21-13-51-32(39-21)22-14-52-33(40-22)23(35)17(4)43/h6-17,23-24,43H,5,35H2,1-4H3,(H,36,44)(H,41,45)(H,46,47)/t15-,16-,17+,23-,24+/m0/s1. The second kappa shape index (κ2) is 15.9. The Hall–Kier alpha value is -4.72. The summed E-state index contributed by atoms with van der Waals surface area (Å²) in [6.07, 6.45) is -0.169. The van der Waals surface area contributed by atoms with Crippen molar-refractivity contribution in [1.82, 2.24) is 35.6 Å². The summed E-state index contributed by atoms with van der Waals surface area (Å²) >= 11 is 5.58. The number of aromatic nitrogens is 5. The zero-order valence-corrected chi connectivity index (χ0v) is 31.5. The van der Waals surface area contributed by atoms with Gasteiger partial charge < -0.3 is 31.0 Å². The third-order valence-electron chi connectivity index (χ3n) is 8.11. The fourth-order valence-electron chi connectivity index (χ4n) is 4.86. The number of hydrogen-bond donors (Lipinski definition) is 5. The van der Waals surface area contributed by atoms with Gasteiger partial charge in [0.05, 0.1) is 12.1 Å². The van der Waals surface area contributed by atoms with Gasteiger partial charge in [0, 0.05) is 27.1 Å². The van der Waals surface area contributed by atoms with E-state index >= 15 is 0 Å². The minimum atomic E-state index is -1.19. The first-order valence-corrected chi connectivity index (χ1v) is 19.6. The molecule has 2 amide bonds. The Balaban J connectivity index is 1.24. The van der Waals surface area contributed by atoms with E-state index in [2.05, 4.69) is 20.6 Å². The molecule has 5 atom stereocenters. The van der Waals surface area contributed by atoms with Gasteiger partial charge in [0.2, 0.25) is 11.8 Å². The monoisotopic (exact) mass is 778 g/mol. The molecule has 14 nitrogen and oxygen atoms in total. The Kier molecular flexibility index (Phi) is 11.3. The van der Waals surface area contributed by atoms with Crippen molar-refractivity contribution < 1.29 is 29.0 Å². The Bertz CT molecular complexity index is 2190.